The van der Waals surface area contributed by atoms with Gasteiger partial charge in [-0.2, -0.15) is 11.3 Å². The van der Waals surface area contributed by atoms with E-state index in [1.54, 1.807) is 11.3 Å². The average Bonchev–Trinajstić information content (AvgIpc) is 2.93. The third-order valence-corrected chi connectivity index (χ3v) is 4.57. The van der Waals surface area contributed by atoms with Gasteiger partial charge in [0.1, 0.15) is 6.54 Å². The van der Waals surface area contributed by atoms with E-state index in [9.17, 15) is 4.79 Å². The SMILES string of the molecule is C[C@H](C(=O)Nc1ccc(Br)cc1)[NH+](C)Cc1ccsc1. The first-order valence-corrected chi connectivity index (χ1v) is 8.19. The number of anilines is 1. The van der Waals surface area contributed by atoms with Crippen molar-refractivity contribution in [3.8, 4) is 0 Å². The van der Waals surface area contributed by atoms with Crippen molar-refractivity contribution >= 4 is 38.9 Å². The van der Waals surface area contributed by atoms with Crippen molar-refractivity contribution in [2.45, 2.75) is 19.5 Å². The Balaban J connectivity index is 1.92. The molecule has 0 spiro atoms. The number of hydrogen-bond donors (Lipinski definition) is 2. The molecule has 1 aromatic carbocycles. The summed E-state index contributed by atoms with van der Waals surface area (Å²) in [5.74, 6) is 0.0417. The highest BCUT2D eigenvalue weighted by Gasteiger charge is 2.22. The van der Waals surface area contributed by atoms with Gasteiger partial charge in [-0.05, 0) is 48.0 Å². The lowest BCUT2D eigenvalue weighted by molar-refractivity contribution is -0.907. The number of hydrogen-bond acceptors (Lipinski definition) is 2. The van der Waals surface area contributed by atoms with Crippen LogP contribution in [0.2, 0.25) is 0 Å². The van der Waals surface area contributed by atoms with Gasteiger partial charge in [0, 0.05) is 15.7 Å². The molecule has 106 valence electrons. The van der Waals surface area contributed by atoms with Crippen molar-refractivity contribution in [1.29, 1.82) is 0 Å². The highest BCUT2D eigenvalue weighted by atomic mass is 79.9. The number of halogens is 1. The molecule has 1 amide bonds. The molecule has 3 nitrogen and oxygen atoms in total. The van der Waals surface area contributed by atoms with Crippen LogP contribution >= 0.6 is 27.3 Å². The van der Waals surface area contributed by atoms with E-state index in [0.717, 1.165) is 16.7 Å². The Kier molecular flexibility index (Phi) is 5.34. The van der Waals surface area contributed by atoms with Crippen LogP contribution < -0.4 is 10.2 Å². The maximum Gasteiger partial charge on any atom is 0.282 e. The van der Waals surface area contributed by atoms with E-state index in [1.165, 1.54) is 10.5 Å². The summed E-state index contributed by atoms with van der Waals surface area (Å²) >= 11 is 5.07. The fraction of sp³-hybridized carbons (Fsp3) is 0.267. The molecule has 1 unspecified atom stereocenters. The van der Waals surface area contributed by atoms with Gasteiger partial charge in [-0.15, -0.1) is 0 Å². The van der Waals surface area contributed by atoms with Gasteiger partial charge in [0.15, 0.2) is 6.04 Å². The van der Waals surface area contributed by atoms with E-state index >= 15 is 0 Å². The minimum Gasteiger partial charge on any atom is -0.324 e. The Morgan fingerprint density at radius 3 is 2.65 bits per heavy atom. The van der Waals surface area contributed by atoms with Crippen molar-refractivity contribution in [1.82, 2.24) is 0 Å². The zero-order valence-corrected chi connectivity index (χ0v) is 13.9. The van der Waals surface area contributed by atoms with E-state index < -0.39 is 0 Å². The maximum atomic E-state index is 12.2. The zero-order valence-electron chi connectivity index (χ0n) is 11.5. The Labute approximate surface area is 131 Å². The van der Waals surface area contributed by atoms with Crippen LogP contribution in [-0.2, 0) is 11.3 Å². The van der Waals surface area contributed by atoms with Crippen molar-refractivity contribution in [2.24, 2.45) is 0 Å². The van der Waals surface area contributed by atoms with Crippen LogP contribution in [0.4, 0.5) is 5.69 Å². The molecule has 5 heteroatoms. The van der Waals surface area contributed by atoms with Crippen molar-refractivity contribution in [3.63, 3.8) is 0 Å². The zero-order chi connectivity index (χ0) is 14.5. The van der Waals surface area contributed by atoms with Crippen LogP contribution in [0, 0.1) is 0 Å². The molecular formula is C15H18BrN2OS+. The number of nitrogens with one attached hydrogen (secondary N) is 2. The Morgan fingerprint density at radius 1 is 1.35 bits per heavy atom. The lowest BCUT2D eigenvalue weighted by Crippen LogP contribution is -3.12. The molecule has 0 aliphatic carbocycles. The van der Waals surface area contributed by atoms with E-state index in [4.69, 9.17) is 0 Å². The predicted octanol–water partition coefficient (Wildman–Crippen LogP) is 2.55. The van der Waals surface area contributed by atoms with Gasteiger partial charge in [0.25, 0.3) is 5.91 Å². The molecule has 2 aromatic rings. The first-order chi connectivity index (χ1) is 9.56. The summed E-state index contributed by atoms with van der Waals surface area (Å²) in [6.07, 6.45) is 0. The lowest BCUT2D eigenvalue weighted by atomic mass is 10.2. The quantitative estimate of drug-likeness (QED) is 0.850. The number of quaternary nitrogens is 1. The van der Waals surface area contributed by atoms with E-state index in [2.05, 4.69) is 38.1 Å². The molecule has 2 rings (SSSR count). The molecule has 0 saturated heterocycles. The molecule has 0 aliphatic heterocycles. The molecule has 0 radical (unpaired) electrons. The Bertz CT molecular complexity index is 554. The summed E-state index contributed by atoms with van der Waals surface area (Å²) in [7, 11) is 2.05. The van der Waals surface area contributed by atoms with Gasteiger partial charge in [-0.1, -0.05) is 15.9 Å². The summed E-state index contributed by atoms with van der Waals surface area (Å²) in [6.45, 7) is 2.81. The molecule has 20 heavy (non-hydrogen) atoms. The molecule has 0 fully saturated rings. The molecule has 0 bridgehead atoms. The molecule has 1 aromatic heterocycles. The Hall–Kier alpha value is -1.17. The number of amides is 1. The van der Waals surface area contributed by atoms with Crippen LogP contribution in [0.1, 0.15) is 12.5 Å². The maximum absolute atomic E-state index is 12.2. The standard InChI is InChI=1S/C15H17BrN2OS/c1-11(18(2)9-12-7-8-20-10-12)15(19)17-14-5-3-13(16)4-6-14/h3-8,10-11H,9H2,1-2H3,(H,17,19)/p+1/t11-/m1/s1. The van der Waals surface area contributed by atoms with Crippen LogP contribution in [0.15, 0.2) is 45.6 Å². The van der Waals surface area contributed by atoms with Gasteiger partial charge in [-0.3, -0.25) is 4.79 Å². The van der Waals surface area contributed by atoms with Crippen LogP contribution in [0.5, 0.6) is 0 Å². The van der Waals surface area contributed by atoms with Crippen molar-refractivity contribution < 1.29 is 9.69 Å². The van der Waals surface area contributed by atoms with Crippen LogP contribution in [0.25, 0.3) is 0 Å². The fourth-order valence-electron chi connectivity index (χ4n) is 1.88. The molecule has 0 saturated carbocycles. The lowest BCUT2D eigenvalue weighted by Gasteiger charge is -2.20. The first kappa shape index (κ1) is 15.2. The van der Waals surface area contributed by atoms with E-state index in [1.807, 2.05) is 38.2 Å². The Morgan fingerprint density at radius 2 is 2.05 bits per heavy atom. The number of rotatable bonds is 5. The monoisotopic (exact) mass is 353 g/mol. The van der Waals surface area contributed by atoms with Crippen LogP contribution in [-0.4, -0.2) is 19.0 Å². The second kappa shape index (κ2) is 7.02. The molecule has 1 heterocycles. The fourth-order valence-corrected chi connectivity index (χ4v) is 2.81. The van der Waals surface area contributed by atoms with Crippen molar-refractivity contribution in [3.05, 3.63) is 51.1 Å². The smallest absolute Gasteiger partial charge is 0.282 e. The highest BCUT2D eigenvalue weighted by Crippen LogP contribution is 2.14. The number of likely N-dealkylation sites (N-methyl/N-ethyl adjacent to an activating group) is 1. The second-order valence-corrected chi connectivity index (χ2v) is 6.57. The van der Waals surface area contributed by atoms with Gasteiger partial charge >= 0.3 is 0 Å². The minimum absolute atomic E-state index is 0.0417. The van der Waals surface area contributed by atoms with Crippen LogP contribution in [0.3, 0.4) is 0 Å². The van der Waals surface area contributed by atoms with Gasteiger partial charge in [0.05, 0.1) is 7.05 Å². The third kappa shape index (κ3) is 4.16. The first-order valence-electron chi connectivity index (χ1n) is 6.46. The molecule has 2 N–H and O–H groups in total. The van der Waals surface area contributed by atoms with Gasteiger partial charge in [-0.25, -0.2) is 0 Å². The molecule has 0 aliphatic rings. The van der Waals surface area contributed by atoms with E-state index in [0.29, 0.717) is 0 Å². The highest BCUT2D eigenvalue weighted by molar-refractivity contribution is 9.10. The third-order valence-electron chi connectivity index (χ3n) is 3.31. The summed E-state index contributed by atoms with van der Waals surface area (Å²) in [6, 6.07) is 9.63. The summed E-state index contributed by atoms with van der Waals surface area (Å²) in [4.78, 5) is 13.4. The average molecular weight is 354 g/mol. The number of thiophene rings is 1. The van der Waals surface area contributed by atoms with E-state index in [-0.39, 0.29) is 11.9 Å². The summed E-state index contributed by atoms with van der Waals surface area (Å²) < 4.78 is 1.00. The largest absolute Gasteiger partial charge is 0.324 e. The minimum atomic E-state index is -0.0986. The number of carbonyl (C=O) groups excluding carboxylic acids is 1. The number of benzene rings is 1. The van der Waals surface area contributed by atoms with Gasteiger partial charge < -0.3 is 10.2 Å². The van der Waals surface area contributed by atoms with Crippen molar-refractivity contribution in [2.75, 3.05) is 12.4 Å². The summed E-state index contributed by atoms with van der Waals surface area (Å²) in [5.41, 5.74) is 2.10. The molecular weight excluding hydrogens is 336 g/mol. The predicted molar refractivity (Wildman–Crippen MR) is 87.1 cm³/mol. The normalized spacial score (nSPS) is 13.8. The summed E-state index contributed by atoms with van der Waals surface area (Å²) in [5, 5.41) is 7.14. The second-order valence-electron chi connectivity index (χ2n) is 4.87. The molecule has 2 atom stereocenters. The van der Waals surface area contributed by atoms with Gasteiger partial charge in [0.2, 0.25) is 0 Å². The number of carbonyl (C=O) groups is 1. The topological polar surface area (TPSA) is 33.5 Å².